The number of nitrogens with one attached hydrogen (secondary N) is 1. The summed E-state index contributed by atoms with van der Waals surface area (Å²) in [5, 5.41) is 4.36. The molecule has 0 aliphatic rings. The number of hydrogen-bond donors (Lipinski definition) is 1. The van der Waals surface area contributed by atoms with Gasteiger partial charge in [0.25, 0.3) is 15.9 Å². The molecule has 8 nitrogen and oxygen atoms in total. The van der Waals surface area contributed by atoms with Crippen LogP contribution in [0.15, 0.2) is 76.7 Å². The lowest BCUT2D eigenvalue weighted by Crippen LogP contribution is -2.40. The van der Waals surface area contributed by atoms with Crippen molar-refractivity contribution in [2.75, 3.05) is 10.8 Å². The van der Waals surface area contributed by atoms with Gasteiger partial charge in [0.1, 0.15) is 12.3 Å². The van der Waals surface area contributed by atoms with Crippen molar-refractivity contribution in [3.8, 4) is 5.75 Å². The first-order chi connectivity index (χ1) is 16.6. The van der Waals surface area contributed by atoms with E-state index in [1.54, 1.807) is 61.5 Å². The Kier molecular flexibility index (Phi) is 8.26. The number of anilines is 1. The second kappa shape index (κ2) is 11.2. The molecular formula is C25H24ClN3O5S. The number of nitrogens with zero attached hydrogens (tertiary/aromatic N) is 2. The number of hydrazone groups is 1. The van der Waals surface area contributed by atoms with E-state index < -0.39 is 28.4 Å². The van der Waals surface area contributed by atoms with Gasteiger partial charge < -0.3 is 4.74 Å². The van der Waals surface area contributed by atoms with Crippen LogP contribution in [0, 0.1) is 13.8 Å². The molecule has 0 saturated carbocycles. The molecule has 0 fully saturated rings. The SMILES string of the molecule is CC(=O)Oc1ccc(/C=N\NC(=O)CN(c2ccc(Cl)cc2C)S(=O)(=O)c2ccc(C)cc2)cc1. The summed E-state index contributed by atoms with van der Waals surface area (Å²) in [5.74, 6) is -0.684. The van der Waals surface area contributed by atoms with E-state index in [0.29, 0.717) is 27.6 Å². The van der Waals surface area contributed by atoms with Gasteiger partial charge in [0.2, 0.25) is 0 Å². The lowest BCUT2D eigenvalue weighted by Gasteiger charge is -2.25. The molecule has 0 aliphatic heterocycles. The minimum absolute atomic E-state index is 0.0571. The van der Waals surface area contributed by atoms with Crippen molar-refractivity contribution in [3.05, 3.63) is 88.4 Å². The van der Waals surface area contributed by atoms with Crippen molar-refractivity contribution < 1.29 is 22.7 Å². The van der Waals surface area contributed by atoms with Crippen LogP contribution >= 0.6 is 11.6 Å². The standard InChI is InChI=1S/C25H24ClN3O5S/c1-17-4-11-23(12-5-17)35(32,33)29(24-13-8-21(26)14-18(24)2)16-25(31)28-27-15-20-6-9-22(10-7-20)34-19(3)30/h4-15H,16H2,1-3H3,(H,28,31)/b27-15-. The summed E-state index contributed by atoms with van der Waals surface area (Å²) in [6, 6.07) is 17.6. The summed E-state index contributed by atoms with van der Waals surface area (Å²) >= 11 is 6.05. The fourth-order valence-corrected chi connectivity index (χ4v) is 4.88. The van der Waals surface area contributed by atoms with Gasteiger partial charge in [-0.05, 0) is 79.6 Å². The smallest absolute Gasteiger partial charge is 0.308 e. The summed E-state index contributed by atoms with van der Waals surface area (Å²) in [7, 11) is -4.06. The maximum atomic E-state index is 13.5. The Balaban J connectivity index is 1.80. The van der Waals surface area contributed by atoms with Crippen LogP contribution in [0.2, 0.25) is 5.02 Å². The Morgan fingerprint density at radius 1 is 1.03 bits per heavy atom. The maximum absolute atomic E-state index is 13.5. The third-order valence-corrected chi connectivity index (χ3v) is 6.88. The van der Waals surface area contributed by atoms with Crippen LogP contribution in [0.4, 0.5) is 5.69 Å². The van der Waals surface area contributed by atoms with Crippen molar-refractivity contribution in [3.63, 3.8) is 0 Å². The monoisotopic (exact) mass is 513 g/mol. The van der Waals surface area contributed by atoms with Gasteiger partial charge in [-0.15, -0.1) is 0 Å². The number of hydrogen-bond acceptors (Lipinski definition) is 6. The largest absolute Gasteiger partial charge is 0.427 e. The average molecular weight is 514 g/mol. The van der Waals surface area contributed by atoms with Crippen molar-refractivity contribution in [2.45, 2.75) is 25.7 Å². The van der Waals surface area contributed by atoms with E-state index in [1.807, 2.05) is 6.92 Å². The molecule has 0 bridgehead atoms. The Bertz CT molecular complexity index is 1350. The fraction of sp³-hybridized carbons (Fsp3) is 0.160. The summed E-state index contributed by atoms with van der Waals surface area (Å²) in [6.07, 6.45) is 1.39. The first kappa shape index (κ1) is 25.9. The van der Waals surface area contributed by atoms with Gasteiger partial charge in [-0.1, -0.05) is 29.3 Å². The number of sulfonamides is 1. The highest BCUT2D eigenvalue weighted by atomic mass is 35.5. The third kappa shape index (κ3) is 6.91. The molecule has 182 valence electrons. The second-order valence-corrected chi connectivity index (χ2v) is 10.0. The van der Waals surface area contributed by atoms with Crippen LogP contribution < -0.4 is 14.5 Å². The van der Waals surface area contributed by atoms with Gasteiger partial charge in [0, 0.05) is 11.9 Å². The van der Waals surface area contributed by atoms with E-state index in [9.17, 15) is 18.0 Å². The maximum Gasteiger partial charge on any atom is 0.308 e. The highest BCUT2D eigenvalue weighted by molar-refractivity contribution is 7.92. The molecule has 3 rings (SSSR count). The zero-order chi connectivity index (χ0) is 25.6. The molecule has 1 amide bonds. The summed E-state index contributed by atoms with van der Waals surface area (Å²) in [5.41, 5.74) is 4.82. The van der Waals surface area contributed by atoms with Crippen molar-refractivity contribution in [2.24, 2.45) is 5.10 Å². The predicted molar refractivity (Wildman–Crippen MR) is 135 cm³/mol. The molecular weight excluding hydrogens is 490 g/mol. The van der Waals surface area contributed by atoms with E-state index in [2.05, 4.69) is 10.5 Å². The molecule has 0 saturated heterocycles. The number of amides is 1. The van der Waals surface area contributed by atoms with Crippen LogP contribution in [0.25, 0.3) is 0 Å². The fourth-order valence-electron chi connectivity index (χ4n) is 3.17. The van der Waals surface area contributed by atoms with Crippen molar-refractivity contribution >= 4 is 45.4 Å². The number of esters is 1. The highest BCUT2D eigenvalue weighted by Gasteiger charge is 2.28. The van der Waals surface area contributed by atoms with Gasteiger partial charge in [-0.3, -0.25) is 13.9 Å². The zero-order valence-electron chi connectivity index (χ0n) is 19.4. The number of benzene rings is 3. The first-order valence-corrected chi connectivity index (χ1v) is 12.3. The molecule has 0 aliphatic carbocycles. The second-order valence-electron chi connectivity index (χ2n) is 7.71. The number of ether oxygens (including phenoxy) is 1. The molecule has 0 aromatic heterocycles. The molecule has 0 spiro atoms. The van der Waals surface area contributed by atoms with Gasteiger partial charge in [0.05, 0.1) is 16.8 Å². The summed E-state index contributed by atoms with van der Waals surface area (Å²) in [6.45, 7) is 4.38. The van der Waals surface area contributed by atoms with Crippen LogP contribution in [0.5, 0.6) is 5.75 Å². The Hall–Kier alpha value is -3.69. The lowest BCUT2D eigenvalue weighted by atomic mass is 10.2. The van der Waals surface area contributed by atoms with Gasteiger partial charge in [-0.25, -0.2) is 13.8 Å². The van der Waals surface area contributed by atoms with Crippen molar-refractivity contribution in [1.29, 1.82) is 0 Å². The van der Waals surface area contributed by atoms with Crippen molar-refractivity contribution in [1.82, 2.24) is 5.43 Å². The number of carbonyl (C=O) groups excluding carboxylic acids is 2. The predicted octanol–water partition coefficient (Wildman–Crippen LogP) is 4.23. The van der Waals surface area contributed by atoms with E-state index in [1.165, 1.54) is 25.3 Å². The van der Waals surface area contributed by atoms with Gasteiger partial charge in [0.15, 0.2) is 0 Å². The Labute approximate surface area is 209 Å². The van der Waals surface area contributed by atoms with E-state index >= 15 is 0 Å². The molecule has 3 aromatic carbocycles. The molecule has 0 radical (unpaired) electrons. The molecule has 3 aromatic rings. The minimum Gasteiger partial charge on any atom is -0.427 e. The summed E-state index contributed by atoms with van der Waals surface area (Å²) < 4.78 is 32.9. The van der Waals surface area contributed by atoms with Crippen LogP contribution in [-0.4, -0.2) is 33.1 Å². The molecule has 1 N–H and O–H groups in total. The molecule has 0 heterocycles. The molecule has 35 heavy (non-hydrogen) atoms. The van der Waals surface area contributed by atoms with E-state index in [0.717, 1.165) is 9.87 Å². The van der Waals surface area contributed by atoms with Crippen LogP contribution in [0.1, 0.15) is 23.6 Å². The Morgan fingerprint density at radius 2 is 1.69 bits per heavy atom. The molecule has 0 unspecified atom stereocenters. The number of rotatable bonds is 8. The molecule has 0 atom stereocenters. The number of carbonyl (C=O) groups is 2. The van der Waals surface area contributed by atoms with E-state index in [-0.39, 0.29) is 4.90 Å². The molecule has 10 heteroatoms. The van der Waals surface area contributed by atoms with Gasteiger partial charge in [-0.2, -0.15) is 5.10 Å². The normalized spacial score (nSPS) is 11.3. The Morgan fingerprint density at radius 3 is 2.29 bits per heavy atom. The third-order valence-electron chi connectivity index (χ3n) is 4.87. The average Bonchev–Trinajstić information content (AvgIpc) is 2.79. The van der Waals surface area contributed by atoms with Gasteiger partial charge >= 0.3 is 5.97 Å². The lowest BCUT2D eigenvalue weighted by molar-refractivity contribution is -0.131. The topological polar surface area (TPSA) is 105 Å². The summed E-state index contributed by atoms with van der Waals surface area (Å²) in [4.78, 5) is 23.7. The number of halogens is 1. The zero-order valence-corrected chi connectivity index (χ0v) is 20.9. The van der Waals surface area contributed by atoms with Crippen LogP contribution in [0.3, 0.4) is 0 Å². The highest BCUT2D eigenvalue weighted by Crippen LogP contribution is 2.29. The minimum atomic E-state index is -4.06. The first-order valence-electron chi connectivity index (χ1n) is 10.5. The van der Waals surface area contributed by atoms with E-state index in [4.69, 9.17) is 16.3 Å². The van der Waals surface area contributed by atoms with Crippen LogP contribution in [-0.2, 0) is 19.6 Å². The number of aryl methyl sites for hydroxylation is 2. The quantitative estimate of drug-likeness (QED) is 0.210.